The number of nitrogens with one attached hydrogen (secondary N) is 2. The Morgan fingerprint density at radius 3 is 2.76 bits per heavy atom. The maximum Gasteiger partial charge on any atom is 0.292 e. The minimum atomic E-state index is -0.457. The first kappa shape index (κ1) is 22.9. The Morgan fingerprint density at radius 2 is 2.03 bits per heavy atom. The van der Waals surface area contributed by atoms with E-state index in [4.69, 9.17) is 36.9 Å². The van der Waals surface area contributed by atoms with Crippen LogP contribution < -0.4 is 15.5 Å². The van der Waals surface area contributed by atoms with E-state index < -0.39 is 11.8 Å². The van der Waals surface area contributed by atoms with Gasteiger partial charge in [0.2, 0.25) is 0 Å². The number of anilines is 1. The van der Waals surface area contributed by atoms with E-state index >= 15 is 0 Å². The number of benzene rings is 1. The van der Waals surface area contributed by atoms with Gasteiger partial charge in [-0.3, -0.25) is 9.59 Å². The molecule has 33 heavy (non-hydrogen) atoms. The molecule has 172 valence electrons. The van der Waals surface area contributed by atoms with Crippen molar-refractivity contribution in [1.29, 1.82) is 0 Å². The van der Waals surface area contributed by atoms with Crippen LogP contribution in [0.25, 0.3) is 0 Å². The monoisotopic (exact) mass is 490 g/mol. The number of aromatic nitrogens is 1. The molecule has 1 aliphatic carbocycles. The van der Waals surface area contributed by atoms with Crippen molar-refractivity contribution >= 4 is 46.5 Å². The van der Waals surface area contributed by atoms with E-state index in [9.17, 15) is 9.59 Å². The van der Waals surface area contributed by atoms with Gasteiger partial charge in [-0.2, -0.15) is 5.10 Å². The summed E-state index contributed by atoms with van der Waals surface area (Å²) in [7, 11) is 0. The summed E-state index contributed by atoms with van der Waals surface area (Å²) < 4.78 is 16.2. The molecule has 2 amide bonds. The van der Waals surface area contributed by atoms with Crippen LogP contribution in [0.3, 0.4) is 0 Å². The third-order valence-corrected chi connectivity index (χ3v) is 5.50. The van der Waals surface area contributed by atoms with Crippen LogP contribution in [0, 0.1) is 13.8 Å². The molecule has 0 bridgehead atoms. The summed E-state index contributed by atoms with van der Waals surface area (Å²) in [5, 5.41) is 11.4. The molecule has 2 N–H and O–H groups in total. The number of furan rings is 1. The van der Waals surface area contributed by atoms with Gasteiger partial charge in [-0.25, -0.2) is 5.43 Å². The van der Waals surface area contributed by atoms with E-state index in [0.29, 0.717) is 57.2 Å². The van der Waals surface area contributed by atoms with Crippen LogP contribution in [0.1, 0.15) is 46.0 Å². The molecule has 1 aromatic carbocycles. The zero-order chi connectivity index (χ0) is 23.5. The number of rotatable bonds is 6. The van der Waals surface area contributed by atoms with Gasteiger partial charge in [0, 0.05) is 28.6 Å². The molecular weight excluding hydrogens is 471 g/mol. The molecule has 11 heteroatoms. The van der Waals surface area contributed by atoms with Crippen LogP contribution in [-0.4, -0.2) is 29.3 Å². The van der Waals surface area contributed by atoms with Crippen molar-refractivity contribution in [2.45, 2.75) is 33.1 Å². The van der Waals surface area contributed by atoms with Gasteiger partial charge in [0.05, 0.1) is 10.7 Å². The van der Waals surface area contributed by atoms with Gasteiger partial charge < -0.3 is 19.0 Å². The highest BCUT2D eigenvalue weighted by Crippen LogP contribution is 2.30. The first-order valence-electron chi connectivity index (χ1n) is 10.1. The first-order chi connectivity index (χ1) is 15.8. The molecule has 0 radical (unpaired) electrons. The summed E-state index contributed by atoms with van der Waals surface area (Å²) in [6.45, 7) is 3.23. The van der Waals surface area contributed by atoms with Crippen molar-refractivity contribution in [1.82, 2.24) is 10.6 Å². The van der Waals surface area contributed by atoms with E-state index in [-0.39, 0.29) is 12.4 Å². The molecular formula is C22H20Cl2N4O5. The van der Waals surface area contributed by atoms with Crippen LogP contribution in [0.4, 0.5) is 5.82 Å². The van der Waals surface area contributed by atoms with E-state index in [0.717, 1.165) is 12.0 Å². The number of hydrogen-bond donors (Lipinski definition) is 2. The maximum absolute atomic E-state index is 12.7. The highest BCUT2D eigenvalue weighted by molar-refractivity contribution is 6.35. The molecule has 9 nitrogen and oxygen atoms in total. The van der Waals surface area contributed by atoms with Gasteiger partial charge in [-0.05, 0) is 44.9 Å². The van der Waals surface area contributed by atoms with Gasteiger partial charge in [0.25, 0.3) is 11.8 Å². The summed E-state index contributed by atoms with van der Waals surface area (Å²) in [6, 6.07) is 6.33. The molecule has 3 aromatic rings. The molecule has 0 atom stereocenters. The van der Waals surface area contributed by atoms with Gasteiger partial charge in [0.1, 0.15) is 17.3 Å². The second-order valence-electron chi connectivity index (χ2n) is 7.44. The Kier molecular flexibility index (Phi) is 6.71. The van der Waals surface area contributed by atoms with Crippen molar-refractivity contribution in [3.8, 4) is 5.75 Å². The van der Waals surface area contributed by atoms with Crippen molar-refractivity contribution in [2.75, 3.05) is 11.9 Å². The molecule has 0 saturated carbocycles. The first-order valence-corrected chi connectivity index (χ1v) is 10.9. The zero-order valence-electron chi connectivity index (χ0n) is 17.8. The van der Waals surface area contributed by atoms with Crippen molar-refractivity contribution in [3.05, 3.63) is 62.7 Å². The second kappa shape index (κ2) is 9.68. The SMILES string of the molecule is Cc1cc(NC(=O)c2oc3c(c2C)/C(=N/NC(=O)COc2ccc(Cl)cc2Cl)CCC3)no1. The average Bonchev–Trinajstić information content (AvgIpc) is 3.34. The normalized spacial score (nSPS) is 14.1. The van der Waals surface area contributed by atoms with Crippen LogP contribution in [0.5, 0.6) is 5.75 Å². The second-order valence-corrected chi connectivity index (χ2v) is 8.29. The Hall–Kier alpha value is -3.30. The number of aryl methyl sites for hydroxylation is 2. The van der Waals surface area contributed by atoms with Crippen molar-refractivity contribution in [3.63, 3.8) is 0 Å². The lowest BCUT2D eigenvalue weighted by Crippen LogP contribution is -2.27. The molecule has 0 saturated heterocycles. The van der Waals surface area contributed by atoms with Crippen LogP contribution in [0.2, 0.25) is 10.0 Å². The number of ether oxygens (including phenoxy) is 1. The number of halogens is 2. The number of carbonyl (C=O) groups excluding carboxylic acids is 2. The number of hydrogen-bond acceptors (Lipinski definition) is 7. The Bertz CT molecular complexity index is 1250. The predicted molar refractivity (Wildman–Crippen MR) is 122 cm³/mol. The smallest absolute Gasteiger partial charge is 0.292 e. The fourth-order valence-corrected chi connectivity index (χ4v) is 3.96. The fraction of sp³-hybridized carbons (Fsp3) is 0.273. The van der Waals surface area contributed by atoms with Crippen LogP contribution in [0.15, 0.2) is 38.3 Å². The summed E-state index contributed by atoms with van der Waals surface area (Å²) in [5.41, 5.74) is 4.49. The molecule has 0 unspecified atom stereocenters. The fourth-order valence-electron chi connectivity index (χ4n) is 3.49. The van der Waals surface area contributed by atoms with Gasteiger partial charge >= 0.3 is 0 Å². The maximum atomic E-state index is 12.7. The van der Waals surface area contributed by atoms with Crippen molar-refractivity contribution < 1.29 is 23.3 Å². The third kappa shape index (κ3) is 5.20. The predicted octanol–water partition coefficient (Wildman–Crippen LogP) is 4.68. The van der Waals surface area contributed by atoms with E-state index in [1.54, 1.807) is 32.0 Å². The lowest BCUT2D eigenvalue weighted by atomic mass is 9.93. The van der Waals surface area contributed by atoms with Gasteiger partial charge in [-0.15, -0.1) is 0 Å². The van der Waals surface area contributed by atoms with Crippen molar-refractivity contribution in [2.24, 2.45) is 5.10 Å². The highest BCUT2D eigenvalue weighted by Gasteiger charge is 2.28. The van der Waals surface area contributed by atoms with Crippen LogP contribution in [-0.2, 0) is 11.2 Å². The standard InChI is InChI=1S/C22H20Cl2N4O5/c1-11-8-18(28-33-11)25-22(30)21-12(2)20-15(4-3-5-17(20)32-21)26-27-19(29)10-31-16-7-6-13(23)9-14(16)24/h6-9H,3-5,10H2,1-2H3,(H,27,29)(H,25,28,30)/b26-15+. The number of fused-ring (bicyclic) bond motifs is 1. The number of hydrazone groups is 1. The Balaban J connectivity index is 1.44. The molecule has 4 rings (SSSR count). The lowest BCUT2D eigenvalue weighted by Gasteiger charge is -2.13. The lowest BCUT2D eigenvalue weighted by molar-refractivity contribution is -0.123. The van der Waals surface area contributed by atoms with Gasteiger partial charge in [-0.1, -0.05) is 28.4 Å². The minimum absolute atomic E-state index is 0.169. The Labute approximate surface area is 199 Å². The average molecular weight is 491 g/mol. The molecule has 0 aliphatic heterocycles. The zero-order valence-corrected chi connectivity index (χ0v) is 19.3. The summed E-state index contributed by atoms with van der Waals surface area (Å²) in [4.78, 5) is 24.9. The quantitative estimate of drug-likeness (QED) is 0.484. The van der Waals surface area contributed by atoms with E-state index in [2.05, 4.69) is 21.0 Å². The van der Waals surface area contributed by atoms with Crippen LogP contribution >= 0.6 is 23.2 Å². The molecule has 2 heterocycles. The summed E-state index contributed by atoms with van der Waals surface area (Å²) in [6.07, 6.45) is 2.06. The van der Waals surface area contributed by atoms with E-state index in [1.165, 1.54) is 6.07 Å². The van der Waals surface area contributed by atoms with E-state index in [1.807, 2.05) is 0 Å². The molecule has 0 spiro atoms. The van der Waals surface area contributed by atoms with Gasteiger partial charge in [0.15, 0.2) is 18.2 Å². The molecule has 0 fully saturated rings. The topological polar surface area (TPSA) is 119 Å². The Morgan fingerprint density at radius 1 is 1.21 bits per heavy atom. The third-order valence-electron chi connectivity index (χ3n) is 4.97. The molecule has 1 aliphatic rings. The number of amides is 2. The molecule has 2 aromatic heterocycles. The summed E-state index contributed by atoms with van der Waals surface area (Å²) in [5.74, 6) is 1.14. The largest absolute Gasteiger partial charge is 0.482 e. The number of nitrogens with zero attached hydrogens (tertiary/aromatic N) is 2. The highest BCUT2D eigenvalue weighted by atomic mass is 35.5. The minimum Gasteiger partial charge on any atom is -0.482 e. The number of carbonyl (C=O) groups is 2. The summed E-state index contributed by atoms with van der Waals surface area (Å²) >= 11 is 11.9.